The number of H-pyrrole nitrogens is 1. The van der Waals surface area contributed by atoms with Crippen LogP contribution in [0.25, 0.3) is 22.0 Å². The molecule has 1 aliphatic heterocycles. The van der Waals surface area contributed by atoms with Gasteiger partial charge in [-0.3, -0.25) is 9.59 Å². The molecule has 0 bridgehead atoms. The summed E-state index contributed by atoms with van der Waals surface area (Å²) in [5, 5.41) is 4.00. The number of amides is 1. The van der Waals surface area contributed by atoms with E-state index >= 15 is 0 Å². The molecule has 1 aromatic carbocycles. The minimum Gasteiger partial charge on any atom is -0.385 e. The number of nitrogen functional groups attached to an aromatic ring is 1. The molecule has 3 aromatic heterocycles. The monoisotopic (exact) mass is 555 g/mol. The zero-order valence-electron chi connectivity index (χ0n) is 24.9. The normalized spacial score (nSPS) is 15.7. The molecule has 0 aliphatic carbocycles. The highest BCUT2D eigenvalue weighted by Gasteiger charge is 2.23. The number of rotatable bonds is 7. The number of fused-ring (bicyclic) bond motifs is 1. The highest BCUT2D eigenvalue weighted by Crippen LogP contribution is 2.34. The van der Waals surface area contributed by atoms with Gasteiger partial charge in [-0.05, 0) is 88.2 Å². The first-order valence-electron chi connectivity index (χ1n) is 14.4. The lowest BCUT2D eigenvalue weighted by molar-refractivity contribution is 0.0941. The lowest BCUT2D eigenvalue weighted by atomic mass is 9.98. The van der Waals surface area contributed by atoms with Crippen LogP contribution in [0.4, 0.5) is 11.6 Å². The molecule has 1 fully saturated rings. The SMILES string of the molecule is CCC(C)n1cc(C)c2c(C(=O)NC(C)c3c(C)cc(N)[nH]c3=O)cc(-c3ccc(N4CCN(C)CC4)nc3)cc21. The summed E-state index contributed by atoms with van der Waals surface area (Å²) >= 11 is 0. The van der Waals surface area contributed by atoms with E-state index in [1.807, 2.05) is 33.0 Å². The number of carbonyl (C=O) groups is 1. The first kappa shape index (κ1) is 28.4. The minimum atomic E-state index is -0.507. The van der Waals surface area contributed by atoms with Gasteiger partial charge in [0.05, 0.1) is 6.04 Å². The second-order valence-electron chi connectivity index (χ2n) is 11.4. The number of nitrogens with zero attached hydrogens (tertiary/aromatic N) is 4. The number of likely N-dealkylation sites (N-methyl/N-ethyl adjacent to an activating group) is 1. The summed E-state index contributed by atoms with van der Waals surface area (Å²) in [6.07, 6.45) is 5.00. The Hall–Kier alpha value is -4.11. The average molecular weight is 556 g/mol. The van der Waals surface area contributed by atoms with Crippen LogP contribution >= 0.6 is 0 Å². The molecule has 0 saturated carbocycles. The number of benzene rings is 1. The molecular formula is C32H41N7O2. The summed E-state index contributed by atoms with van der Waals surface area (Å²) in [6.45, 7) is 14.0. The van der Waals surface area contributed by atoms with E-state index in [1.54, 1.807) is 6.07 Å². The number of nitrogens with one attached hydrogen (secondary N) is 2. The number of hydrogen-bond donors (Lipinski definition) is 3. The number of nitrogens with two attached hydrogens (primary N) is 1. The van der Waals surface area contributed by atoms with E-state index in [-0.39, 0.29) is 17.5 Å². The molecule has 1 amide bonds. The van der Waals surface area contributed by atoms with Crippen LogP contribution in [0, 0.1) is 13.8 Å². The number of aromatic nitrogens is 3. The van der Waals surface area contributed by atoms with Gasteiger partial charge in [0.15, 0.2) is 0 Å². The standard InChI is InChI=1S/C32H41N7O2/c1-7-21(4)39-18-20(3)30-25(31(40)35-22(5)29-19(2)14-27(33)36-32(29)41)15-24(16-26(30)39)23-8-9-28(34-17-23)38-12-10-37(6)11-13-38/h8-9,14-18,21-22H,7,10-13H2,1-6H3,(H,35,40)(H3,33,36,41). The van der Waals surface area contributed by atoms with Gasteiger partial charge in [0.2, 0.25) is 0 Å². The maximum Gasteiger partial charge on any atom is 0.255 e. The number of pyridine rings is 2. The predicted octanol–water partition coefficient (Wildman–Crippen LogP) is 4.80. The van der Waals surface area contributed by atoms with Crippen LogP contribution in [0.2, 0.25) is 0 Å². The van der Waals surface area contributed by atoms with Crippen molar-refractivity contribution in [1.29, 1.82) is 0 Å². The van der Waals surface area contributed by atoms with Gasteiger partial charge in [0.25, 0.3) is 11.5 Å². The first-order valence-corrected chi connectivity index (χ1v) is 14.4. The number of piperazine rings is 1. The quantitative estimate of drug-likeness (QED) is 0.302. The Balaban J connectivity index is 1.55. The maximum absolute atomic E-state index is 13.9. The van der Waals surface area contributed by atoms with Gasteiger partial charge in [0, 0.05) is 72.2 Å². The topological polar surface area (TPSA) is 112 Å². The summed E-state index contributed by atoms with van der Waals surface area (Å²) in [5.74, 6) is 1.04. The molecule has 4 aromatic rings. The Bertz CT molecular complexity index is 1630. The lowest BCUT2D eigenvalue weighted by Gasteiger charge is -2.33. The van der Waals surface area contributed by atoms with E-state index in [9.17, 15) is 9.59 Å². The molecule has 4 heterocycles. The second kappa shape index (κ2) is 11.4. The molecule has 216 valence electrons. The Morgan fingerprint density at radius 2 is 1.80 bits per heavy atom. The van der Waals surface area contributed by atoms with E-state index in [1.165, 1.54) is 0 Å². The van der Waals surface area contributed by atoms with Crippen molar-refractivity contribution in [2.45, 2.75) is 53.1 Å². The molecular weight excluding hydrogens is 514 g/mol. The van der Waals surface area contributed by atoms with Crippen molar-refractivity contribution in [3.05, 3.63) is 75.3 Å². The summed E-state index contributed by atoms with van der Waals surface area (Å²) < 4.78 is 2.26. The van der Waals surface area contributed by atoms with Gasteiger partial charge in [-0.25, -0.2) is 4.98 Å². The van der Waals surface area contributed by atoms with Crippen LogP contribution in [0.1, 0.15) is 66.3 Å². The molecule has 0 radical (unpaired) electrons. The van der Waals surface area contributed by atoms with Gasteiger partial charge in [-0.1, -0.05) is 6.92 Å². The molecule has 1 saturated heterocycles. The van der Waals surface area contributed by atoms with Crippen LogP contribution in [0.5, 0.6) is 0 Å². The van der Waals surface area contributed by atoms with Gasteiger partial charge >= 0.3 is 0 Å². The molecule has 2 unspecified atom stereocenters. The Labute approximate surface area is 241 Å². The Morgan fingerprint density at radius 3 is 2.44 bits per heavy atom. The third-order valence-corrected chi connectivity index (χ3v) is 8.42. The van der Waals surface area contributed by atoms with Crippen molar-refractivity contribution < 1.29 is 4.79 Å². The zero-order valence-corrected chi connectivity index (χ0v) is 24.9. The molecule has 4 N–H and O–H groups in total. The van der Waals surface area contributed by atoms with Crippen molar-refractivity contribution >= 4 is 28.4 Å². The van der Waals surface area contributed by atoms with Crippen molar-refractivity contribution in [3.8, 4) is 11.1 Å². The van der Waals surface area contributed by atoms with Gasteiger partial charge in [-0.15, -0.1) is 0 Å². The molecule has 9 nitrogen and oxygen atoms in total. The first-order chi connectivity index (χ1) is 19.6. The van der Waals surface area contributed by atoms with Crippen molar-refractivity contribution in [2.75, 3.05) is 43.9 Å². The summed E-state index contributed by atoms with van der Waals surface area (Å²) in [6, 6.07) is 9.75. The second-order valence-corrected chi connectivity index (χ2v) is 11.4. The van der Waals surface area contributed by atoms with Gasteiger partial charge in [-0.2, -0.15) is 0 Å². The van der Waals surface area contributed by atoms with Crippen LogP contribution < -0.4 is 21.5 Å². The highest BCUT2D eigenvalue weighted by molar-refractivity contribution is 6.09. The number of anilines is 2. The smallest absolute Gasteiger partial charge is 0.255 e. The largest absolute Gasteiger partial charge is 0.385 e. The van der Waals surface area contributed by atoms with Crippen LogP contribution in [0.3, 0.4) is 0 Å². The maximum atomic E-state index is 13.9. The van der Waals surface area contributed by atoms with Crippen LogP contribution in [-0.2, 0) is 0 Å². The molecule has 2 atom stereocenters. The summed E-state index contributed by atoms with van der Waals surface area (Å²) in [7, 11) is 2.14. The third kappa shape index (κ3) is 5.59. The van der Waals surface area contributed by atoms with E-state index in [0.717, 1.165) is 71.6 Å². The average Bonchev–Trinajstić information content (AvgIpc) is 3.28. The summed E-state index contributed by atoms with van der Waals surface area (Å²) in [5.41, 5.74) is 11.3. The van der Waals surface area contributed by atoms with E-state index in [2.05, 4.69) is 70.0 Å². The zero-order chi connectivity index (χ0) is 29.4. The van der Waals surface area contributed by atoms with E-state index in [0.29, 0.717) is 16.9 Å². The summed E-state index contributed by atoms with van der Waals surface area (Å²) in [4.78, 5) is 38.7. The number of aromatic amines is 1. The fourth-order valence-corrected chi connectivity index (χ4v) is 5.88. The van der Waals surface area contributed by atoms with Gasteiger partial charge < -0.3 is 30.4 Å². The van der Waals surface area contributed by atoms with Crippen molar-refractivity contribution in [1.82, 2.24) is 24.8 Å². The molecule has 0 spiro atoms. The fourth-order valence-electron chi connectivity index (χ4n) is 5.88. The number of hydrogen-bond acceptors (Lipinski definition) is 6. The Kier molecular flexibility index (Phi) is 7.91. The Morgan fingerprint density at radius 1 is 1.07 bits per heavy atom. The predicted molar refractivity (Wildman–Crippen MR) is 167 cm³/mol. The third-order valence-electron chi connectivity index (χ3n) is 8.42. The van der Waals surface area contributed by atoms with E-state index < -0.39 is 6.04 Å². The highest BCUT2D eigenvalue weighted by atomic mass is 16.2. The molecule has 5 rings (SSSR count). The molecule has 41 heavy (non-hydrogen) atoms. The number of aryl methyl sites for hydroxylation is 2. The van der Waals surface area contributed by atoms with E-state index in [4.69, 9.17) is 10.7 Å². The fraction of sp³-hybridized carbons (Fsp3) is 0.406. The number of carbonyl (C=O) groups excluding carboxylic acids is 1. The van der Waals surface area contributed by atoms with Crippen molar-refractivity contribution in [2.24, 2.45) is 0 Å². The van der Waals surface area contributed by atoms with Crippen LogP contribution in [0.15, 0.2) is 47.5 Å². The van der Waals surface area contributed by atoms with Gasteiger partial charge in [0.1, 0.15) is 11.6 Å². The van der Waals surface area contributed by atoms with Crippen molar-refractivity contribution in [3.63, 3.8) is 0 Å². The molecule has 9 heteroatoms. The molecule has 1 aliphatic rings. The minimum absolute atomic E-state index is 0.230. The lowest BCUT2D eigenvalue weighted by Crippen LogP contribution is -2.44. The van der Waals surface area contributed by atoms with Crippen LogP contribution in [-0.4, -0.2) is 58.6 Å².